The molecule has 0 aliphatic rings. The number of aryl methyl sites for hydroxylation is 1. The SMILES string of the molecule is CCCc1cc(C(=O)OC)c(NC(=O)C(C#N)=Cc2cn(Cc3ccc(Cl)c(Cl)c3)c3ccccc23)s1. The van der Waals surface area contributed by atoms with E-state index < -0.39 is 11.9 Å². The topological polar surface area (TPSA) is 84.1 Å². The first-order valence-electron chi connectivity index (χ1n) is 11.5. The molecule has 0 atom stereocenters. The number of carbonyl (C=O) groups excluding carboxylic acids is 2. The van der Waals surface area contributed by atoms with Gasteiger partial charge in [-0.2, -0.15) is 5.26 Å². The van der Waals surface area contributed by atoms with Crippen molar-refractivity contribution in [2.45, 2.75) is 26.3 Å². The van der Waals surface area contributed by atoms with Gasteiger partial charge in [-0.15, -0.1) is 11.3 Å². The van der Waals surface area contributed by atoms with E-state index in [-0.39, 0.29) is 11.1 Å². The molecule has 2 aromatic carbocycles. The minimum Gasteiger partial charge on any atom is -0.465 e. The monoisotopic (exact) mass is 551 g/mol. The van der Waals surface area contributed by atoms with Gasteiger partial charge in [0.2, 0.25) is 0 Å². The summed E-state index contributed by atoms with van der Waals surface area (Å²) in [7, 11) is 1.29. The Bertz CT molecular complexity index is 1560. The van der Waals surface area contributed by atoms with Crippen molar-refractivity contribution < 1.29 is 14.3 Å². The highest BCUT2D eigenvalue weighted by atomic mass is 35.5. The van der Waals surface area contributed by atoms with Crippen LogP contribution in [-0.2, 0) is 22.5 Å². The summed E-state index contributed by atoms with van der Waals surface area (Å²) in [5, 5.41) is 14.8. The maximum Gasteiger partial charge on any atom is 0.340 e. The third kappa shape index (κ3) is 5.89. The van der Waals surface area contributed by atoms with Gasteiger partial charge in [0.25, 0.3) is 5.91 Å². The quantitative estimate of drug-likeness (QED) is 0.141. The van der Waals surface area contributed by atoms with E-state index in [9.17, 15) is 14.9 Å². The Kier molecular flexibility index (Phi) is 8.34. The number of thiophene rings is 1. The number of carbonyl (C=O) groups is 2. The number of fused-ring (bicyclic) bond motifs is 1. The molecule has 0 aliphatic carbocycles. The molecule has 188 valence electrons. The van der Waals surface area contributed by atoms with Gasteiger partial charge < -0.3 is 14.6 Å². The first kappa shape index (κ1) is 26.5. The molecule has 4 aromatic rings. The molecule has 2 aromatic heterocycles. The number of aromatic nitrogens is 1. The number of rotatable bonds is 8. The summed E-state index contributed by atoms with van der Waals surface area (Å²) in [6.45, 7) is 2.56. The van der Waals surface area contributed by atoms with E-state index >= 15 is 0 Å². The van der Waals surface area contributed by atoms with Gasteiger partial charge in [-0.3, -0.25) is 4.79 Å². The van der Waals surface area contributed by atoms with Crippen molar-refractivity contribution in [1.82, 2.24) is 4.57 Å². The summed E-state index contributed by atoms with van der Waals surface area (Å²) >= 11 is 13.6. The van der Waals surface area contributed by atoms with Crippen LogP contribution in [0.4, 0.5) is 5.00 Å². The van der Waals surface area contributed by atoms with E-state index in [1.54, 1.807) is 18.2 Å². The summed E-state index contributed by atoms with van der Waals surface area (Å²) in [5.41, 5.74) is 2.81. The second-order valence-electron chi connectivity index (χ2n) is 8.30. The first-order valence-corrected chi connectivity index (χ1v) is 13.1. The second-order valence-corrected chi connectivity index (χ2v) is 10.3. The predicted molar refractivity (Wildman–Crippen MR) is 149 cm³/mol. The summed E-state index contributed by atoms with van der Waals surface area (Å²) in [5.74, 6) is -1.14. The van der Waals surface area contributed by atoms with Gasteiger partial charge in [0.15, 0.2) is 0 Å². The first-order chi connectivity index (χ1) is 17.8. The number of amides is 1. The van der Waals surface area contributed by atoms with E-state index in [4.69, 9.17) is 27.9 Å². The number of ether oxygens (including phenoxy) is 1. The van der Waals surface area contributed by atoms with Gasteiger partial charge in [-0.05, 0) is 42.3 Å². The Hall–Kier alpha value is -3.57. The lowest BCUT2D eigenvalue weighted by Gasteiger charge is -2.06. The Morgan fingerprint density at radius 1 is 1.16 bits per heavy atom. The van der Waals surface area contributed by atoms with Crippen LogP contribution >= 0.6 is 34.5 Å². The van der Waals surface area contributed by atoms with E-state index in [0.717, 1.165) is 34.2 Å². The fourth-order valence-electron chi connectivity index (χ4n) is 4.00. The van der Waals surface area contributed by atoms with Gasteiger partial charge in [0, 0.05) is 34.1 Å². The molecule has 0 unspecified atom stereocenters. The van der Waals surface area contributed by atoms with Crippen LogP contribution in [0.15, 0.2) is 60.3 Å². The van der Waals surface area contributed by atoms with Crippen molar-refractivity contribution in [3.63, 3.8) is 0 Å². The van der Waals surface area contributed by atoms with Crippen LogP contribution in [0.2, 0.25) is 10.0 Å². The average Bonchev–Trinajstić information content (AvgIpc) is 3.45. The number of nitrogens with zero attached hydrogens (tertiary/aromatic N) is 2. The zero-order chi connectivity index (χ0) is 26.5. The maximum atomic E-state index is 13.1. The van der Waals surface area contributed by atoms with Crippen molar-refractivity contribution in [1.29, 1.82) is 5.26 Å². The fraction of sp³-hybridized carbons (Fsp3) is 0.179. The standard InChI is InChI=1S/C28H23Cl2N3O3S/c1-3-6-20-13-22(28(35)36-2)27(37-20)32-26(34)18(14-31)12-19-16-33(25-8-5-4-7-21(19)25)15-17-9-10-23(29)24(30)11-17/h4-5,7-13,16H,3,6,15H2,1-2H3,(H,32,34). The Balaban J connectivity index is 1.67. The van der Waals surface area contributed by atoms with Gasteiger partial charge in [-0.1, -0.05) is 60.8 Å². The summed E-state index contributed by atoms with van der Waals surface area (Å²) in [6, 6.07) is 16.9. The van der Waals surface area contributed by atoms with Crippen LogP contribution in [0.25, 0.3) is 17.0 Å². The molecular formula is C28H23Cl2N3O3S. The maximum absolute atomic E-state index is 13.1. The van der Waals surface area contributed by atoms with E-state index in [1.165, 1.54) is 18.4 Å². The van der Waals surface area contributed by atoms with Crippen molar-refractivity contribution >= 4 is 68.4 Å². The molecule has 9 heteroatoms. The molecule has 0 radical (unpaired) electrons. The van der Waals surface area contributed by atoms with Gasteiger partial charge >= 0.3 is 5.97 Å². The van der Waals surface area contributed by atoms with Crippen LogP contribution in [0.3, 0.4) is 0 Å². The number of esters is 1. The number of halogens is 2. The second kappa shape index (κ2) is 11.7. The number of anilines is 1. The zero-order valence-corrected chi connectivity index (χ0v) is 22.5. The van der Waals surface area contributed by atoms with E-state index in [1.807, 2.05) is 60.2 Å². The van der Waals surface area contributed by atoms with Crippen molar-refractivity contribution in [3.05, 3.63) is 91.9 Å². The van der Waals surface area contributed by atoms with Crippen molar-refractivity contribution in [2.75, 3.05) is 12.4 Å². The number of nitriles is 1. The molecule has 6 nitrogen and oxygen atoms in total. The van der Waals surface area contributed by atoms with Gasteiger partial charge in [-0.25, -0.2) is 4.79 Å². The number of hydrogen-bond donors (Lipinski definition) is 1. The number of nitrogens with one attached hydrogen (secondary N) is 1. The highest BCUT2D eigenvalue weighted by molar-refractivity contribution is 7.16. The molecule has 4 rings (SSSR count). The third-order valence-electron chi connectivity index (χ3n) is 5.73. The van der Waals surface area contributed by atoms with Crippen LogP contribution in [0.1, 0.15) is 39.7 Å². The predicted octanol–water partition coefficient (Wildman–Crippen LogP) is 7.34. The molecule has 2 heterocycles. The lowest BCUT2D eigenvalue weighted by Crippen LogP contribution is -2.15. The van der Waals surface area contributed by atoms with Crippen LogP contribution < -0.4 is 5.32 Å². The van der Waals surface area contributed by atoms with Crippen LogP contribution in [0, 0.1) is 11.3 Å². The average molecular weight is 552 g/mol. The van der Waals surface area contributed by atoms with Gasteiger partial charge in [0.1, 0.15) is 16.6 Å². The van der Waals surface area contributed by atoms with Crippen molar-refractivity contribution in [3.8, 4) is 6.07 Å². The molecule has 0 aliphatic heterocycles. The molecule has 1 amide bonds. The molecule has 1 N–H and O–H groups in total. The molecule has 0 spiro atoms. The normalized spacial score (nSPS) is 11.4. The molecular weight excluding hydrogens is 529 g/mol. The van der Waals surface area contributed by atoms with Crippen molar-refractivity contribution in [2.24, 2.45) is 0 Å². The molecule has 0 bridgehead atoms. The highest BCUT2D eigenvalue weighted by Crippen LogP contribution is 2.31. The van der Waals surface area contributed by atoms with E-state index in [2.05, 4.69) is 5.32 Å². The van der Waals surface area contributed by atoms with Gasteiger partial charge in [0.05, 0.1) is 22.7 Å². The van der Waals surface area contributed by atoms with E-state index in [0.29, 0.717) is 27.2 Å². The Morgan fingerprint density at radius 3 is 2.65 bits per heavy atom. The summed E-state index contributed by atoms with van der Waals surface area (Å²) in [6.07, 6.45) is 5.11. The number of para-hydroxylation sites is 1. The largest absolute Gasteiger partial charge is 0.465 e. The minimum absolute atomic E-state index is 0.0845. The molecule has 37 heavy (non-hydrogen) atoms. The number of hydrogen-bond acceptors (Lipinski definition) is 5. The summed E-state index contributed by atoms with van der Waals surface area (Å²) in [4.78, 5) is 26.3. The lowest BCUT2D eigenvalue weighted by molar-refractivity contribution is -0.112. The Morgan fingerprint density at radius 2 is 1.95 bits per heavy atom. The minimum atomic E-state index is -0.598. The number of benzene rings is 2. The Labute approximate surface area is 228 Å². The van der Waals surface area contributed by atoms with Crippen LogP contribution in [-0.4, -0.2) is 23.6 Å². The zero-order valence-electron chi connectivity index (χ0n) is 20.2. The molecule has 0 saturated carbocycles. The lowest BCUT2D eigenvalue weighted by atomic mass is 10.1. The van der Waals surface area contributed by atoms with Crippen LogP contribution in [0.5, 0.6) is 0 Å². The highest BCUT2D eigenvalue weighted by Gasteiger charge is 2.20. The number of methoxy groups -OCH3 is 1. The molecule has 0 saturated heterocycles. The molecule has 0 fully saturated rings. The smallest absolute Gasteiger partial charge is 0.340 e. The fourth-order valence-corrected chi connectivity index (χ4v) is 5.46. The summed E-state index contributed by atoms with van der Waals surface area (Å²) < 4.78 is 6.89. The third-order valence-corrected chi connectivity index (χ3v) is 7.58.